The van der Waals surface area contributed by atoms with Crippen molar-refractivity contribution in [2.24, 2.45) is 11.7 Å². The minimum atomic E-state index is -1.11. The number of nitrogens with one attached hydrogen (secondary N) is 6. The zero-order valence-electron chi connectivity index (χ0n) is 21.5. The highest BCUT2D eigenvalue weighted by molar-refractivity contribution is 8.76. The van der Waals surface area contributed by atoms with Crippen LogP contribution in [0.5, 0.6) is 0 Å². The molecule has 38 heavy (non-hydrogen) atoms. The minimum absolute atomic E-state index is 0.0396. The second kappa shape index (κ2) is 14.6. The molecule has 1 aromatic rings. The SMILES string of the molecule is CC(=O)N[C@H]1CSSCC(C(N)=O)NC(=O)C(C(C)C)NC(=O)[C@H](C)NC(=O)[C@H](Cc2cnc[nH]2)NC1=O. The van der Waals surface area contributed by atoms with Gasteiger partial charge in [-0.05, 0) is 12.8 Å². The summed E-state index contributed by atoms with van der Waals surface area (Å²) in [6.07, 6.45) is 2.96. The van der Waals surface area contributed by atoms with Crippen LogP contribution in [-0.2, 0) is 35.2 Å². The molecule has 0 spiro atoms. The second-order valence-corrected chi connectivity index (χ2v) is 11.6. The zero-order valence-corrected chi connectivity index (χ0v) is 23.2. The number of nitrogens with zero attached hydrogens (tertiary/aromatic N) is 1. The van der Waals surface area contributed by atoms with E-state index < -0.39 is 65.7 Å². The summed E-state index contributed by atoms with van der Waals surface area (Å²) in [6.45, 7) is 6.13. The van der Waals surface area contributed by atoms with Gasteiger partial charge in [-0.3, -0.25) is 28.8 Å². The van der Waals surface area contributed by atoms with Gasteiger partial charge in [-0.15, -0.1) is 0 Å². The van der Waals surface area contributed by atoms with Gasteiger partial charge >= 0.3 is 0 Å². The van der Waals surface area contributed by atoms with Gasteiger partial charge in [0.05, 0.1) is 6.33 Å². The van der Waals surface area contributed by atoms with Gasteiger partial charge in [-0.1, -0.05) is 35.4 Å². The average molecular weight is 571 g/mol. The van der Waals surface area contributed by atoms with E-state index in [1.807, 2.05) is 0 Å². The Labute approximate surface area is 227 Å². The number of H-pyrrole nitrogens is 1. The molecule has 1 fully saturated rings. The van der Waals surface area contributed by atoms with E-state index in [4.69, 9.17) is 5.73 Å². The molecule has 1 aliphatic rings. The van der Waals surface area contributed by atoms with E-state index in [0.29, 0.717) is 5.69 Å². The highest BCUT2D eigenvalue weighted by atomic mass is 33.1. The highest BCUT2D eigenvalue weighted by Crippen LogP contribution is 2.23. The van der Waals surface area contributed by atoms with Crippen LogP contribution in [0.25, 0.3) is 0 Å². The van der Waals surface area contributed by atoms with Crippen LogP contribution in [0, 0.1) is 5.92 Å². The van der Waals surface area contributed by atoms with Gasteiger partial charge in [0.15, 0.2) is 0 Å². The van der Waals surface area contributed by atoms with Gasteiger partial charge in [0, 0.05) is 36.7 Å². The van der Waals surface area contributed by atoms with E-state index >= 15 is 0 Å². The number of amides is 6. The summed E-state index contributed by atoms with van der Waals surface area (Å²) in [5, 5.41) is 12.9. The molecule has 5 atom stereocenters. The molecule has 8 N–H and O–H groups in total. The first kappa shape index (κ1) is 31.0. The predicted octanol–water partition coefficient (Wildman–Crippen LogP) is -2.05. The van der Waals surface area contributed by atoms with Crippen LogP contribution in [0.2, 0.25) is 0 Å². The van der Waals surface area contributed by atoms with Crippen LogP contribution in [0.4, 0.5) is 0 Å². The Balaban J connectivity index is 2.36. The van der Waals surface area contributed by atoms with Crippen LogP contribution in [0.15, 0.2) is 12.5 Å². The molecule has 0 aliphatic carbocycles. The van der Waals surface area contributed by atoms with Gasteiger partial charge in [-0.25, -0.2) is 4.98 Å². The van der Waals surface area contributed by atoms with Crippen molar-refractivity contribution in [1.82, 2.24) is 36.6 Å². The van der Waals surface area contributed by atoms with Crippen molar-refractivity contribution in [3.63, 3.8) is 0 Å². The molecule has 0 radical (unpaired) electrons. The molecule has 0 bridgehead atoms. The average Bonchev–Trinajstić information content (AvgIpc) is 3.34. The first-order valence-corrected chi connectivity index (χ1v) is 14.4. The van der Waals surface area contributed by atoms with Crippen molar-refractivity contribution in [2.75, 3.05) is 11.5 Å². The molecule has 2 rings (SSSR count). The molecule has 0 saturated carbocycles. The summed E-state index contributed by atoms with van der Waals surface area (Å²) in [7, 11) is 2.35. The molecule has 1 saturated heterocycles. The second-order valence-electron chi connectivity index (χ2n) is 9.09. The van der Waals surface area contributed by atoms with Gasteiger partial charge in [0.1, 0.15) is 30.2 Å². The lowest BCUT2D eigenvalue weighted by molar-refractivity contribution is -0.135. The monoisotopic (exact) mass is 570 g/mol. The fourth-order valence-corrected chi connectivity index (χ4v) is 5.75. The van der Waals surface area contributed by atoms with Crippen LogP contribution in [-0.4, -0.2) is 87.1 Å². The summed E-state index contributed by atoms with van der Waals surface area (Å²) in [6, 6.07) is -5.23. The quantitative estimate of drug-likeness (QED) is 0.194. The van der Waals surface area contributed by atoms with Crippen molar-refractivity contribution in [3.05, 3.63) is 18.2 Å². The van der Waals surface area contributed by atoms with Gasteiger partial charge in [0.25, 0.3) is 0 Å². The standard InChI is InChI=1S/C22H34N8O6S2/c1-10(2)17-22(36)29-15(18(23)32)7-37-38-8-16(27-12(4)31)21(35)28-14(5-13-6-24-9-25-13)20(34)26-11(3)19(33)30-17/h6,9-11,14-17H,5,7-8H2,1-4H3,(H2,23,32)(H,24,25)(H,26,34)(H,27,31)(H,28,35)(H,29,36)(H,30,33)/t11-,14-,15?,16-,17?/m0/s1. The fraction of sp³-hybridized carbons (Fsp3) is 0.591. The molecule has 210 valence electrons. The molecular formula is C22H34N8O6S2. The van der Waals surface area contributed by atoms with Gasteiger partial charge in [0.2, 0.25) is 35.4 Å². The number of hydrogen-bond donors (Lipinski definition) is 7. The molecule has 14 nitrogen and oxygen atoms in total. The zero-order chi connectivity index (χ0) is 28.4. The molecule has 1 aliphatic heterocycles. The first-order chi connectivity index (χ1) is 17.9. The molecule has 6 amide bonds. The van der Waals surface area contributed by atoms with E-state index in [1.54, 1.807) is 13.8 Å². The van der Waals surface area contributed by atoms with E-state index in [2.05, 4.69) is 36.6 Å². The number of rotatable bonds is 5. The largest absolute Gasteiger partial charge is 0.368 e. The van der Waals surface area contributed by atoms with Crippen LogP contribution >= 0.6 is 21.6 Å². The summed E-state index contributed by atoms with van der Waals surface area (Å²) < 4.78 is 0. The summed E-state index contributed by atoms with van der Waals surface area (Å²) in [5.74, 6) is -3.89. The number of carbonyl (C=O) groups excluding carboxylic acids is 6. The number of imidazole rings is 1. The Morgan fingerprint density at radius 1 is 1.03 bits per heavy atom. The van der Waals surface area contributed by atoms with Gasteiger partial charge < -0.3 is 37.3 Å². The summed E-state index contributed by atoms with van der Waals surface area (Å²) >= 11 is 0. The molecule has 2 heterocycles. The Bertz CT molecular complexity index is 1020. The number of carbonyl (C=O) groups is 6. The minimum Gasteiger partial charge on any atom is -0.368 e. The third kappa shape index (κ3) is 9.55. The van der Waals surface area contributed by atoms with E-state index in [0.717, 1.165) is 0 Å². The smallest absolute Gasteiger partial charge is 0.244 e. The molecule has 0 aromatic carbocycles. The Kier molecular flexibility index (Phi) is 11.9. The Morgan fingerprint density at radius 3 is 2.29 bits per heavy atom. The fourth-order valence-electron chi connectivity index (χ4n) is 3.41. The lowest BCUT2D eigenvalue weighted by Crippen LogP contribution is -2.59. The van der Waals surface area contributed by atoms with E-state index in [-0.39, 0.29) is 23.8 Å². The number of aromatic amines is 1. The highest BCUT2D eigenvalue weighted by Gasteiger charge is 2.32. The maximum atomic E-state index is 13.1. The lowest BCUT2D eigenvalue weighted by atomic mass is 10.0. The number of hydrogen-bond acceptors (Lipinski definition) is 9. The van der Waals surface area contributed by atoms with Crippen molar-refractivity contribution in [1.29, 1.82) is 0 Å². The lowest BCUT2D eigenvalue weighted by Gasteiger charge is -2.26. The maximum absolute atomic E-state index is 13.1. The molecular weight excluding hydrogens is 536 g/mol. The van der Waals surface area contributed by atoms with Gasteiger partial charge in [-0.2, -0.15) is 0 Å². The number of aromatic nitrogens is 2. The molecule has 2 unspecified atom stereocenters. The van der Waals surface area contributed by atoms with E-state index in [9.17, 15) is 28.8 Å². The van der Waals surface area contributed by atoms with Crippen LogP contribution in [0.3, 0.4) is 0 Å². The third-order valence-corrected chi connectivity index (χ3v) is 7.94. The van der Waals surface area contributed by atoms with Crippen molar-refractivity contribution >= 4 is 57.0 Å². The number of primary amides is 1. The number of nitrogens with two attached hydrogens (primary N) is 1. The Morgan fingerprint density at radius 2 is 1.71 bits per heavy atom. The first-order valence-electron chi connectivity index (χ1n) is 11.9. The molecule has 1 aromatic heterocycles. The van der Waals surface area contributed by atoms with E-state index in [1.165, 1.54) is 48.0 Å². The molecule has 16 heteroatoms. The summed E-state index contributed by atoms with van der Waals surface area (Å²) in [5.41, 5.74) is 6.02. The van der Waals surface area contributed by atoms with Crippen LogP contribution < -0.4 is 32.3 Å². The summed E-state index contributed by atoms with van der Waals surface area (Å²) in [4.78, 5) is 82.6. The van der Waals surface area contributed by atoms with Crippen molar-refractivity contribution in [2.45, 2.75) is 64.3 Å². The van der Waals surface area contributed by atoms with Crippen molar-refractivity contribution < 1.29 is 28.8 Å². The third-order valence-electron chi connectivity index (χ3n) is 5.52. The Hall–Kier alpha value is -3.27. The predicted molar refractivity (Wildman–Crippen MR) is 142 cm³/mol. The van der Waals surface area contributed by atoms with Crippen LogP contribution in [0.1, 0.15) is 33.4 Å². The maximum Gasteiger partial charge on any atom is 0.244 e. The normalized spacial score (nSPS) is 26.4. The van der Waals surface area contributed by atoms with Crippen molar-refractivity contribution in [3.8, 4) is 0 Å². The topological polar surface area (TPSA) is 217 Å².